The van der Waals surface area contributed by atoms with Gasteiger partial charge in [0.25, 0.3) is 10.1 Å². The molecule has 0 N–H and O–H groups in total. The molecule has 0 aliphatic rings. The lowest BCUT2D eigenvalue weighted by atomic mass is 10.1. The Bertz CT molecular complexity index is 548. The SMILES string of the molecule is CCc1cccc(C(F)(F)F)c1S(=O)(=O)OC(C)C. The van der Waals surface area contributed by atoms with Crippen LogP contribution < -0.4 is 0 Å². The maximum absolute atomic E-state index is 12.9. The summed E-state index contributed by atoms with van der Waals surface area (Å²) in [4.78, 5) is -0.779. The van der Waals surface area contributed by atoms with Gasteiger partial charge in [-0.15, -0.1) is 0 Å². The summed E-state index contributed by atoms with van der Waals surface area (Å²) in [5, 5.41) is 0. The summed E-state index contributed by atoms with van der Waals surface area (Å²) in [5.41, 5.74) is -1.09. The number of rotatable bonds is 4. The van der Waals surface area contributed by atoms with Gasteiger partial charge in [0, 0.05) is 0 Å². The predicted octanol–water partition coefficient (Wildman–Crippen LogP) is 3.38. The molecule has 0 heterocycles. The first-order valence-corrected chi connectivity index (χ1v) is 7.12. The van der Waals surface area contributed by atoms with E-state index in [0.717, 1.165) is 6.07 Å². The molecular formula is C12H15F3O3S. The Morgan fingerprint density at radius 2 is 1.84 bits per heavy atom. The van der Waals surface area contributed by atoms with Crippen molar-refractivity contribution in [2.45, 2.75) is 44.4 Å². The second-order valence-corrected chi connectivity index (χ2v) is 5.75. The summed E-state index contributed by atoms with van der Waals surface area (Å²) < 4.78 is 67.3. The highest BCUT2D eigenvalue weighted by atomic mass is 32.2. The molecule has 1 aromatic carbocycles. The monoisotopic (exact) mass is 296 g/mol. The van der Waals surface area contributed by atoms with Crippen LogP contribution in [0.4, 0.5) is 13.2 Å². The molecule has 0 amide bonds. The fourth-order valence-corrected chi connectivity index (χ4v) is 3.27. The molecule has 0 spiro atoms. The molecule has 0 aromatic heterocycles. The van der Waals surface area contributed by atoms with Gasteiger partial charge < -0.3 is 0 Å². The molecule has 1 rings (SSSR count). The van der Waals surface area contributed by atoms with Gasteiger partial charge in [0.2, 0.25) is 0 Å². The molecule has 1 aromatic rings. The van der Waals surface area contributed by atoms with Gasteiger partial charge in [0.1, 0.15) is 4.90 Å². The Labute approximate surface area is 110 Å². The van der Waals surface area contributed by atoms with Crippen LogP contribution >= 0.6 is 0 Å². The number of hydrogen-bond donors (Lipinski definition) is 0. The van der Waals surface area contributed by atoms with Crippen molar-refractivity contribution in [3.05, 3.63) is 29.3 Å². The van der Waals surface area contributed by atoms with E-state index in [4.69, 9.17) is 0 Å². The molecule has 0 saturated carbocycles. The quantitative estimate of drug-likeness (QED) is 0.800. The molecule has 0 unspecified atom stereocenters. The number of alkyl halides is 3. The smallest absolute Gasteiger partial charge is 0.264 e. The average Bonchev–Trinajstić information content (AvgIpc) is 2.25. The van der Waals surface area contributed by atoms with Crippen molar-refractivity contribution in [2.75, 3.05) is 0 Å². The first-order valence-electron chi connectivity index (χ1n) is 5.72. The highest BCUT2D eigenvalue weighted by Gasteiger charge is 2.39. The maximum atomic E-state index is 12.9. The molecule has 0 radical (unpaired) electrons. The summed E-state index contributed by atoms with van der Waals surface area (Å²) in [6.07, 6.45) is -5.30. The third-order valence-corrected chi connectivity index (χ3v) is 3.97. The second-order valence-electron chi connectivity index (χ2n) is 4.24. The normalized spacial score (nSPS) is 13.0. The lowest BCUT2D eigenvalue weighted by molar-refractivity contribution is -0.140. The van der Waals surface area contributed by atoms with Crippen LogP contribution in [0.25, 0.3) is 0 Å². The van der Waals surface area contributed by atoms with Crippen LogP contribution in [-0.2, 0) is 26.9 Å². The van der Waals surface area contributed by atoms with Crippen LogP contribution in [0.15, 0.2) is 23.1 Å². The molecule has 0 aliphatic carbocycles. The number of benzene rings is 1. The van der Waals surface area contributed by atoms with Crippen LogP contribution in [0.1, 0.15) is 31.9 Å². The van der Waals surface area contributed by atoms with Gasteiger partial charge >= 0.3 is 6.18 Å². The van der Waals surface area contributed by atoms with E-state index in [1.807, 2.05) is 0 Å². The van der Waals surface area contributed by atoms with Crippen molar-refractivity contribution < 1.29 is 25.8 Å². The zero-order valence-corrected chi connectivity index (χ0v) is 11.6. The maximum Gasteiger partial charge on any atom is 0.417 e. The van der Waals surface area contributed by atoms with Gasteiger partial charge in [-0.25, -0.2) is 0 Å². The van der Waals surface area contributed by atoms with E-state index in [-0.39, 0.29) is 12.0 Å². The van der Waals surface area contributed by atoms with Gasteiger partial charge in [-0.1, -0.05) is 19.1 Å². The lowest BCUT2D eigenvalue weighted by Gasteiger charge is -2.17. The van der Waals surface area contributed by atoms with E-state index in [1.54, 1.807) is 6.92 Å². The number of aryl methyl sites for hydroxylation is 1. The zero-order chi connectivity index (χ0) is 14.8. The predicted molar refractivity (Wildman–Crippen MR) is 64.2 cm³/mol. The van der Waals surface area contributed by atoms with Crippen molar-refractivity contribution >= 4 is 10.1 Å². The van der Waals surface area contributed by atoms with Crippen LogP contribution in [-0.4, -0.2) is 14.5 Å². The van der Waals surface area contributed by atoms with Gasteiger partial charge in [0.15, 0.2) is 0 Å². The third-order valence-electron chi connectivity index (χ3n) is 2.35. The van der Waals surface area contributed by atoms with Crippen molar-refractivity contribution in [3.63, 3.8) is 0 Å². The first-order chi connectivity index (χ1) is 8.59. The zero-order valence-electron chi connectivity index (χ0n) is 10.8. The third kappa shape index (κ3) is 3.70. The lowest BCUT2D eigenvalue weighted by Crippen LogP contribution is -2.19. The van der Waals surface area contributed by atoms with E-state index in [1.165, 1.54) is 26.0 Å². The van der Waals surface area contributed by atoms with Crippen LogP contribution in [0, 0.1) is 0 Å². The summed E-state index contributed by atoms with van der Waals surface area (Å²) in [6.45, 7) is 4.47. The second kappa shape index (κ2) is 5.50. The minimum absolute atomic E-state index is 0.0930. The van der Waals surface area contributed by atoms with Crippen molar-refractivity contribution in [1.82, 2.24) is 0 Å². The highest BCUT2D eigenvalue weighted by Crippen LogP contribution is 2.36. The topological polar surface area (TPSA) is 43.4 Å². The summed E-state index contributed by atoms with van der Waals surface area (Å²) >= 11 is 0. The summed E-state index contributed by atoms with van der Waals surface area (Å²) in [7, 11) is -4.44. The Balaban J connectivity index is 3.56. The summed E-state index contributed by atoms with van der Waals surface area (Å²) in [6, 6.07) is 3.29. The van der Waals surface area contributed by atoms with Gasteiger partial charge in [0.05, 0.1) is 11.7 Å². The van der Waals surface area contributed by atoms with E-state index >= 15 is 0 Å². The molecule has 3 nitrogen and oxygen atoms in total. The van der Waals surface area contributed by atoms with Crippen LogP contribution in [0.2, 0.25) is 0 Å². The fourth-order valence-electron chi connectivity index (χ4n) is 1.68. The largest absolute Gasteiger partial charge is 0.417 e. The minimum atomic E-state index is -4.74. The van der Waals surface area contributed by atoms with E-state index in [2.05, 4.69) is 4.18 Å². The van der Waals surface area contributed by atoms with E-state index in [9.17, 15) is 21.6 Å². The molecule has 7 heteroatoms. The van der Waals surface area contributed by atoms with Gasteiger partial charge in [-0.2, -0.15) is 21.6 Å². The van der Waals surface area contributed by atoms with E-state index in [0.29, 0.717) is 0 Å². The number of hydrogen-bond acceptors (Lipinski definition) is 3. The average molecular weight is 296 g/mol. The molecule has 0 atom stereocenters. The summed E-state index contributed by atoms with van der Waals surface area (Å²) in [5.74, 6) is 0. The van der Waals surface area contributed by atoms with Crippen LogP contribution in [0.5, 0.6) is 0 Å². The fraction of sp³-hybridized carbons (Fsp3) is 0.500. The Hall–Kier alpha value is -1.08. The van der Waals surface area contributed by atoms with Gasteiger partial charge in [-0.3, -0.25) is 4.18 Å². The molecular weight excluding hydrogens is 281 g/mol. The molecule has 19 heavy (non-hydrogen) atoms. The van der Waals surface area contributed by atoms with Crippen molar-refractivity contribution in [3.8, 4) is 0 Å². The minimum Gasteiger partial charge on any atom is -0.264 e. The van der Waals surface area contributed by atoms with Crippen molar-refractivity contribution in [1.29, 1.82) is 0 Å². The first kappa shape index (κ1) is 16.0. The highest BCUT2D eigenvalue weighted by molar-refractivity contribution is 7.86. The molecule has 0 bridgehead atoms. The Morgan fingerprint density at radius 1 is 1.26 bits per heavy atom. The van der Waals surface area contributed by atoms with Crippen molar-refractivity contribution in [2.24, 2.45) is 0 Å². The Kier molecular flexibility index (Phi) is 4.63. The van der Waals surface area contributed by atoms with E-state index < -0.39 is 32.9 Å². The van der Waals surface area contributed by atoms with Crippen LogP contribution in [0.3, 0.4) is 0 Å². The standard InChI is InChI=1S/C12H15F3O3S/c1-4-9-6-5-7-10(12(13,14)15)11(9)19(16,17)18-8(2)3/h5-8H,4H2,1-3H3. The molecule has 0 aliphatic heterocycles. The molecule has 0 saturated heterocycles. The number of halogens is 3. The molecule has 0 fully saturated rings. The van der Waals surface area contributed by atoms with Gasteiger partial charge in [-0.05, 0) is 31.9 Å². The Morgan fingerprint density at radius 3 is 2.26 bits per heavy atom. The molecule has 108 valence electrons.